The second-order valence-corrected chi connectivity index (χ2v) is 5.77. The minimum Gasteiger partial charge on any atom is -0.394 e. The lowest BCUT2D eigenvalue weighted by Gasteiger charge is -2.12. The fraction of sp³-hybridized carbons (Fsp3) is 0.562. The molecule has 0 aliphatic carbocycles. The van der Waals surface area contributed by atoms with Crippen LogP contribution in [0.5, 0.6) is 0 Å². The van der Waals surface area contributed by atoms with Gasteiger partial charge in [-0.1, -0.05) is 19.3 Å². The molecule has 128 valence electrons. The quantitative estimate of drug-likeness (QED) is 0.554. The van der Waals surface area contributed by atoms with Crippen LogP contribution in [0.4, 0.5) is 5.82 Å². The maximum Gasteiger partial charge on any atom is 0.167 e. The lowest BCUT2D eigenvalue weighted by Crippen LogP contribution is -2.24. The fourth-order valence-electron chi connectivity index (χ4n) is 2.72. The van der Waals surface area contributed by atoms with E-state index in [0.717, 1.165) is 19.3 Å². The van der Waals surface area contributed by atoms with Crippen LogP contribution in [0, 0.1) is 11.8 Å². The van der Waals surface area contributed by atoms with Gasteiger partial charge in [-0.05, 0) is 12.3 Å². The summed E-state index contributed by atoms with van der Waals surface area (Å²) in [6.07, 6.45) is 2.64. The molecule has 0 unspecified atom stereocenters. The number of anilines is 1. The molecule has 8 heteroatoms. The highest BCUT2D eigenvalue weighted by Gasteiger charge is 2.36. The number of rotatable bonds is 4. The van der Waals surface area contributed by atoms with E-state index in [2.05, 4.69) is 33.8 Å². The van der Waals surface area contributed by atoms with E-state index in [1.54, 1.807) is 4.68 Å². The number of nitrogens with zero attached hydrogens (tertiary/aromatic N) is 4. The Morgan fingerprint density at radius 2 is 2.29 bits per heavy atom. The molecule has 0 amide bonds. The van der Waals surface area contributed by atoms with Crippen molar-refractivity contribution < 1.29 is 14.9 Å². The van der Waals surface area contributed by atoms with E-state index in [1.807, 2.05) is 0 Å². The average molecular weight is 331 g/mol. The van der Waals surface area contributed by atoms with Gasteiger partial charge in [0.2, 0.25) is 0 Å². The fourth-order valence-corrected chi connectivity index (χ4v) is 2.72. The number of hydrogen-bond donors (Lipinski definition) is 3. The van der Waals surface area contributed by atoms with Crippen LogP contribution in [0.15, 0.2) is 6.33 Å². The Balaban J connectivity index is 2.00. The Hall–Kier alpha value is -2.21. The molecule has 0 aromatic carbocycles. The molecule has 1 saturated heterocycles. The number of fused-ring (bicyclic) bond motifs is 1. The zero-order chi connectivity index (χ0) is 17.1. The number of nitrogen functional groups attached to an aromatic ring is 1. The molecular formula is C16H21N5O3. The largest absolute Gasteiger partial charge is 0.394 e. The summed E-state index contributed by atoms with van der Waals surface area (Å²) in [4.78, 5) is 8.26. The van der Waals surface area contributed by atoms with E-state index in [0.29, 0.717) is 29.0 Å². The summed E-state index contributed by atoms with van der Waals surface area (Å²) in [5.74, 6) is 6.43. The SMILES string of the molecule is CCCCC#Cc1nn([C@@H]2C[C@H](O)[C@@H](CO)O2)c2ncnc(N)c12. The summed E-state index contributed by atoms with van der Waals surface area (Å²) in [6.45, 7) is 1.86. The van der Waals surface area contributed by atoms with Crippen molar-refractivity contribution in [3.8, 4) is 11.8 Å². The predicted octanol–water partition coefficient (Wildman–Crippen LogP) is 0.591. The van der Waals surface area contributed by atoms with Gasteiger partial charge >= 0.3 is 0 Å². The third kappa shape index (κ3) is 3.06. The van der Waals surface area contributed by atoms with Gasteiger partial charge in [0.05, 0.1) is 18.1 Å². The zero-order valence-electron chi connectivity index (χ0n) is 13.5. The summed E-state index contributed by atoms with van der Waals surface area (Å²) >= 11 is 0. The first-order valence-electron chi connectivity index (χ1n) is 8.07. The highest BCUT2D eigenvalue weighted by atomic mass is 16.5. The number of ether oxygens (including phenoxy) is 1. The van der Waals surface area contributed by atoms with Crippen LogP contribution in [0.3, 0.4) is 0 Å². The third-order valence-electron chi connectivity index (χ3n) is 4.04. The summed E-state index contributed by atoms with van der Waals surface area (Å²) in [6, 6.07) is 0. The van der Waals surface area contributed by atoms with Crippen molar-refractivity contribution in [1.29, 1.82) is 0 Å². The van der Waals surface area contributed by atoms with Crippen molar-refractivity contribution in [2.45, 2.75) is 51.0 Å². The Labute approximate surface area is 139 Å². The van der Waals surface area contributed by atoms with E-state index >= 15 is 0 Å². The standard InChI is InChI=1S/C16H21N5O3/c1-2-3-4-5-6-10-14-15(17)18-9-19-16(14)21(20-10)13-7-11(23)12(8-22)24-13/h9,11-13,22-23H,2-4,7-8H2,1H3,(H2,17,18,19)/t11-,12+,13-/m0/s1. The highest BCUT2D eigenvalue weighted by Crippen LogP contribution is 2.32. The van der Waals surface area contributed by atoms with Gasteiger partial charge in [0.25, 0.3) is 0 Å². The van der Waals surface area contributed by atoms with E-state index in [4.69, 9.17) is 10.5 Å². The highest BCUT2D eigenvalue weighted by molar-refractivity contribution is 5.90. The van der Waals surface area contributed by atoms with Crippen molar-refractivity contribution in [3.05, 3.63) is 12.0 Å². The molecule has 4 N–H and O–H groups in total. The molecule has 2 aromatic heterocycles. The predicted molar refractivity (Wildman–Crippen MR) is 87.8 cm³/mol. The van der Waals surface area contributed by atoms with Gasteiger partial charge in [-0.15, -0.1) is 0 Å². The van der Waals surface area contributed by atoms with Gasteiger partial charge in [-0.2, -0.15) is 5.10 Å². The number of hydrogen-bond acceptors (Lipinski definition) is 7. The summed E-state index contributed by atoms with van der Waals surface area (Å²) in [5, 5.41) is 24.3. The number of unbranched alkanes of at least 4 members (excludes halogenated alkanes) is 2. The smallest absolute Gasteiger partial charge is 0.167 e. The van der Waals surface area contributed by atoms with Gasteiger partial charge in [0, 0.05) is 12.8 Å². The maximum absolute atomic E-state index is 9.94. The lowest BCUT2D eigenvalue weighted by atomic mass is 10.2. The molecule has 3 rings (SSSR count). The number of aliphatic hydroxyl groups excluding tert-OH is 2. The molecule has 3 heterocycles. The van der Waals surface area contributed by atoms with Crippen molar-refractivity contribution in [2.24, 2.45) is 0 Å². The number of aromatic nitrogens is 4. The normalized spacial score (nSPS) is 23.4. The van der Waals surface area contributed by atoms with Crippen LogP contribution in [0.25, 0.3) is 11.0 Å². The van der Waals surface area contributed by atoms with Gasteiger partial charge in [-0.25, -0.2) is 14.6 Å². The third-order valence-corrected chi connectivity index (χ3v) is 4.04. The van der Waals surface area contributed by atoms with Crippen LogP contribution >= 0.6 is 0 Å². The molecule has 0 bridgehead atoms. The van der Waals surface area contributed by atoms with Crippen LogP contribution in [-0.2, 0) is 4.74 Å². The molecule has 1 aliphatic rings. The second-order valence-electron chi connectivity index (χ2n) is 5.77. The Kier molecular flexibility index (Phi) is 4.94. The van der Waals surface area contributed by atoms with Crippen molar-refractivity contribution >= 4 is 16.9 Å². The summed E-state index contributed by atoms with van der Waals surface area (Å²) in [7, 11) is 0. The average Bonchev–Trinajstić information content (AvgIpc) is 3.13. The Bertz CT molecular complexity index is 779. The number of aliphatic hydroxyl groups is 2. The van der Waals surface area contributed by atoms with Crippen molar-refractivity contribution in [1.82, 2.24) is 19.7 Å². The number of nitrogens with two attached hydrogens (primary N) is 1. The van der Waals surface area contributed by atoms with Crippen LogP contribution in [0.1, 0.15) is 44.5 Å². The monoisotopic (exact) mass is 331 g/mol. The Morgan fingerprint density at radius 1 is 1.46 bits per heavy atom. The van der Waals surface area contributed by atoms with E-state index in [1.165, 1.54) is 6.33 Å². The summed E-state index contributed by atoms with van der Waals surface area (Å²) in [5.41, 5.74) is 6.99. The first-order chi connectivity index (χ1) is 11.7. The van der Waals surface area contributed by atoms with Gasteiger partial charge < -0.3 is 20.7 Å². The van der Waals surface area contributed by atoms with Crippen LogP contribution in [0.2, 0.25) is 0 Å². The van der Waals surface area contributed by atoms with E-state index in [-0.39, 0.29) is 6.61 Å². The van der Waals surface area contributed by atoms with Crippen LogP contribution < -0.4 is 5.73 Å². The molecule has 0 spiro atoms. The van der Waals surface area contributed by atoms with Gasteiger partial charge in [-0.3, -0.25) is 0 Å². The molecule has 8 nitrogen and oxygen atoms in total. The molecular weight excluding hydrogens is 310 g/mol. The second kappa shape index (κ2) is 7.13. The van der Waals surface area contributed by atoms with Gasteiger partial charge in [0.1, 0.15) is 23.9 Å². The first kappa shape index (κ1) is 16.6. The molecule has 24 heavy (non-hydrogen) atoms. The maximum atomic E-state index is 9.94. The van der Waals surface area contributed by atoms with Gasteiger partial charge in [0.15, 0.2) is 11.9 Å². The Morgan fingerprint density at radius 3 is 3.00 bits per heavy atom. The van der Waals surface area contributed by atoms with E-state index < -0.39 is 18.4 Å². The first-order valence-corrected chi connectivity index (χ1v) is 8.07. The molecule has 3 atom stereocenters. The van der Waals surface area contributed by atoms with Crippen molar-refractivity contribution in [3.63, 3.8) is 0 Å². The zero-order valence-corrected chi connectivity index (χ0v) is 13.5. The van der Waals surface area contributed by atoms with Crippen molar-refractivity contribution in [2.75, 3.05) is 12.3 Å². The minimum absolute atomic E-state index is 0.252. The molecule has 1 fully saturated rings. The lowest BCUT2D eigenvalue weighted by molar-refractivity contribution is -0.0470. The van der Waals surface area contributed by atoms with E-state index in [9.17, 15) is 10.2 Å². The molecule has 1 aliphatic heterocycles. The topological polar surface area (TPSA) is 119 Å². The molecule has 0 radical (unpaired) electrons. The molecule has 2 aromatic rings. The summed E-state index contributed by atoms with van der Waals surface area (Å²) < 4.78 is 7.23. The minimum atomic E-state index is -0.752. The molecule has 0 saturated carbocycles. The van der Waals surface area contributed by atoms with Crippen LogP contribution in [-0.4, -0.2) is 48.8 Å².